The van der Waals surface area contributed by atoms with Crippen molar-refractivity contribution in [3.63, 3.8) is 0 Å². The Morgan fingerprint density at radius 1 is 1.38 bits per heavy atom. The summed E-state index contributed by atoms with van der Waals surface area (Å²) < 4.78 is 12.5. The van der Waals surface area contributed by atoms with Crippen molar-refractivity contribution in [1.29, 1.82) is 0 Å². The minimum atomic E-state index is -0.184. The van der Waals surface area contributed by atoms with E-state index in [1.54, 1.807) is 31.3 Å². The van der Waals surface area contributed by atoms with Crippen LogP contribution in [0.15, 0.2) is 30.6 Å². The molecule has 0 bridgehead atoms. The van der Waals surface area contributed by atoms with Gasteiger partial charge in [0.05, 0.1) is 43.9 Å². The van der Waals surface area contributed by atoms with Gasteiger partial charge in [-0.15, -0.1) is 0 Å². The molecule has 1 aliphatic heterocycles. The fourth-order valence-corrected chi connectivity index (χ4v) is 3.68. The molecule has 0 spiro atoms. The van der Waals surface area contributed by atoms with Crippen LogP contribution in [0.4, 0.5) is 0 Å². The number of methoxy groups -OCH3 is 2. The Morgan fingerprint density at radius 2 is 2.19 bits per heavy atom. The Bertz CT molecular complexity index is 777. The zero-order valence-corrected chi connectivity index (χ0v) is 16.1. The summed E-state index contributed by atoms with van der Waals surface area (Å²) in [5, 5.41) is 4.74. The lowest BCUT2D eigenvalue weighted by Gasteiger charge is -2.29. The molecule has 6 nitrogen and oxygen atoms in total. The van der Waals surface area contributed by atoms with Gasteiger partial charge in [0.15, 0.2) is 0 Å². The zero-order valence-electron chi connectivity index (χ0n) is 15.3. The number of likely N-dealkylation sites (tertiary alicyclic amines) is 1. The van der Waals surface area contributed by atoms with E-state index in [0.717, 1.165) is 36.4 Å². The van der Waals surface area contributed by atoms with Crippen LogP contribution in [0.5, 0.6) is 11.5 Å². The van der Waals surface area contributed by atoms with Gasteiger partial charge in [-0.25, -0.2) is 0 Å². The molecule has 1 aliphatic rings. The van der Waals surface area contributed by atoms with E-state index in [1.807, 2.05) is 30.0 Å². The third-order valence-electron chi connectivity index (χ3n) is 4.82. The van der Waals surface area contributed by atoms with Crippen LogP contribution in [0.1, 0.15) is 31.4 Å². The monoisotopic (exact) mass is 377 g/mol. The van der Waals surface area contributed by atoms with Crippen LogP contribution in [0.2, 0.25) is 5.02 Å². The predicted molar refractivity (Wildman–Crippen MR) is 99.6 cm³/mol. The van der Waals surface area contributed by atoms with Gasteiger partial charge in [0.1, 0.15) is 11.5 Å². The first-order valence-electron chi connectivity index (χ1n) is 8.74. The van der Waals surface area contributed by atoms with Crippen LogP contribution >= 0.6 is 11.6 Å². The van der Waals surface area contributed by atoms with Crippen molar-refractivity contribution >= 4 is 17.5 Å². The summed E-state index contributed by atoms with van der Waals surface area (Å²) in [7, 11) is 3.27. The Balaban J connectivity index is 1.78. The SMILES string of the molecule is COc1ccc([C@H]2CCCN2C(=O)[C@@H](C)Cn2cc(Cl)cn2)c(OC)c1. The molecule has 0 radical (unpaired) electrons. The minimum absolute atomic E-state index is 0.0204. The van der Waals surface area contributed by atoms with Gasteiger partial charge in [0, 0.05) is 24.4 Å². The molecule has 140 valence electrons. The summed E-state index contributed by atoms with van der Waals surface area (Å²) in [6.45, 7) is 3.19. The van der Waals surface area contributed by atoms with Crippen molar-refractivity contribution in [2.45, 2.75) is 32.4 Å². The second kappa shape index (κ2) is 7.99. The molecule has 26 heavy (non-hydrogen) atoms. The van der Waals surface area contributed by atoms with Crippen molar-refractivity contribution in [1.82, 2.24) is 14.7 Å². The molecule has 2 aromatic rings. The van der Waals surface area contributed by atoms with Crippen LogP contribution in [-0.4, -0.2) is 41.4 Å². The third kappa shape index (κ3) is 3.80. The smallest absolute Gasteiger partial charge is 0.227 e. The maximum atomic E-state index is 13.0. The van der Waals surface area contributed by atoms with Crippen LogP contribution < -0.4 is 9.47 Å². The van der Waals surface area contributed by atoms with Crippen molar-refractivity contribution in [2.75, 3.05) is 20.8 Å². The van der Waals surface area contributed by atoms with Gasteiger partial charge in [-0.05, 0) is 25.0 Å². The molecule has 0 unspecified atom stereocenters. The fraction of sp³-hybridized carbons (Fsp3) is 0.474. The van der Waals surface area contributed by atoms with E-state index in [9.17, 15) is 4.79 Å². The van der Waals surface area contributed by atoms with E-state index in [0.29, 0.717) is 11.6 Å². The zero-order chi connectivity index (χ0) is 18.7. The highest BCUT2D eigenvalue weighted by atomic mass is 35.5. The fourth-order valence-electron chi connectivity index (χ4n) is 3.53. The van der Waals surface area contributed by atoms with Gasteiger partial charge in [0.2, 0.25) is 5.91 Å². The number of nitrogens with zero attached hydrogens (tertiary/aromatic N) is 3. The quantitative estimate of drug-likeness (QED) is 0.772. The van der Waals surface area contributed by atoms with Gasteiger partial charge < -0.3 is 14.4 Å². The van der Waals surface area contributed by atoms with E-state index < -0.39 is 0 Å². The molecule has 3 rings (SSSR count). The lowest BCUT2D eigenvalue weighted by Crippen LogP contribution is -2.36. The number of hydrogen-bond donors (Lipinski definition) is 0. The van der Waals surface area contributed by atoms with Crippen molar-refractivity contribution < 1.29 is 14.3 Å². The molecule has 1 saturated heterocycles. The lowest BCUT2D eigenvalue weighted by molar-refractivity contribution is -0.136. The summed E-state index contributed by atoms with van der Waals surface area (Å²) in [6.07, 6.45) is 5.22. The molecule has 1 aromatic heterocycles. The summed E-state index contributed by atoms with van der Waals surface area (Å²) in [6, 6.07) is 5.79. The molecular formula is C19H24ClN3O3. The van der Waals surface area contributed by atoms with Gasteiger partial charge in [-0.1, -0.05) is 18.5 Å². The number of benzene rings is 1. The number of aromatic nitrogens is 2. The molecular weight excluding hydrogens is 354 g/mol. The molecule has 0 saturated carbocycles. The van der Waals surface area contributed by atoms with Gasteiger partial charge in [0.25, 0.3) is 0 Å². The topological polar surface area (TPSA) is 56.6 Å². The van der Waals surface area contributed by atoms with Crippen LogP contribution in [-0.2, 0) is 11.3 Å². The average Bonchev–Trinajstić information content (AvgIpc) is 3.29. The van der Waals surface area contributed by atoms with Crippen molar-refractivity contribution in [2.24, 2.45) is 5.92 Å². The number of hydrogen-bond acceptors (Lipinski definition) is 4. The van der Waals surface area contributed by atoms with E-state index in [1.165, 1.54) is 0 Å². The highest BCUT2D eigenvalue weighted by Crippen LogP contribution is 2.39. The van der Waals surface area contributed by atoms with Crippen LogP contribution in [0.3, 0.4) is 0 Å². The first kappa shape index (κ1) is 18.6. The number of halogens is 1. The third-order valence-corrected chi connectivity index (χ3v) is 5.01. The van der Waals surface area contributed by atoms with Gasteiger partial charge in [-0.3, -0.25) is 9.48 Å². The maximum absolute atomic E-state index is 13.0. The first-order valence-corrected chi connectivity index (χ1v) is 9.11. The Labute approximate surface area is 158 Å². The molecule has 1 amide bonds. The Kier molecular flexibility index (Phi) is 5.71. The summed E-state index contributed by atoms with van der Waals surface area (Å²) in [4.78, 5) is 15.0. The normalized spacial score (nSPS) is 18.0. The average molecular weight is 378 g/mol. The second-order valence-electron chi connectivity index (χ2n) is 6.58. The molecule has 1 aromatic carbocycles. The van der Waals surface area contributed by atoms with E-state index in [-0.39, 0.29) is 17.9 Å². The van der Waals surface area contributed by atoms with Gasteiger partial charge >= 0.3 is 0 Å². The Morgan fingerprint density at radius 3 is 2.85 bits per heavy atom. The lowest BCUT2D eigenvalue weighted by atomic mass is 10.0. The molecule has 1 fully saturated rings. The number of rotatable bonds is 6. The van der Waals surface area contributed by atoms with Crippen LogP contribution in [0.25, 0.3) is 0 Å². The summed E-state index contributed by atoms with van der Waals surface area (Å²) in [5.41, 5.74) is 1.02. The highest BCUT2D eigenvalue weighted by Gasteiger charge is 2.34. The van der Waals surface area contributed by atoms with Crippen LogP contribution in [0, 0.1) is 5.92 Å². The van der Waals surface area contributed by atoms with E-state index in [4.69, 9.17) is 21.1 Å². The predicted octanol–water partition coefficient (Wildman–Crippen LogP) is 3.55. The number of carbonyl (C=O) groups is 1. The van der Waals surface area contributed by atoms with Crippen molar-refractivity contribution in [3.8, 4) is 11.5 Å². The molecule has 2 heterocycles. The summed E-state index contributed by atoms with van der Waals surface area (Å²) in [5.74, 6) is 1.43. The van der Waals surface area contributed by atoms with E-state index in [2.05, 4.69) is 5.10 Å². The molecule has 0 aliphatic carbocycles. The molecule has 7 heteroatoms. The number of amides is 1. The summed E-state index contributed by atoms with van der Waals surface area (Å²) >= 11 is 5.91. The van der Waals surface area contributed by atoms with E-state index >= 15 is 0 Å². The molecule has 2 atom stereocenters. The largest absolute Gasteiger partial charge is 0.497 e. The minimum Gasteiger partial charge on any atom is -0.497 e. The number of carbonyl (C=O) groups excluding carboxylic acids is 1. The second-order valence-corrected chi connectivity index (χ2v) is 7.02. The Hall–Kier alpha value is -2.21. The number of ether oxygens (including phenoxy) is 2. The molecule has 0 N–H and O–H groups in total. The standard InChI is InChI=1S/C19H24ClN3O3/c1-13(11-22-12-14(20)10-21-22)19(24)23-8-4-5-17(23)16-7-6-15(25-2)9-18(16)26-3/h6-7,9-10,12-13,17H,4-5,8,11H2,1-3H3/t13-,17+/m0/s1. The first-order chi connectivity index (χ1) is 12.5. The van der Waals surface area contributed by atoms with Gasteiger partial charge in [-0.2, -0.15) is 5.10 Å². The maximum Gasteiger partial charge on any atom is 0.227 e. The highest BCUT2D eigenvalue weighted by molar-refractivity contribution is 6.30. The van der Waals surface area contributed by atoms with Crippen molar-refractivity contribution in [3.05, 3.63) is 41.2 Å².